The predicted octanol–water partition coefficient (Wildman–Crippen LogP) is 5.59. The summed E-state index contributed by atoms with van der Waals surface area (Å²) < 4.78 is 5.72. The van der Waals surface area contributed by atoms with Crippen molar-refractivity contribution in [3.63, 3.8) is 0 Å². The van der Waals surface area contributed by atoms with Gasteiger partial charge in [0.1, 0.15) is 0 Å². The Bertz CT molecular complexity index is 898. The van der Waals surface area contributed by atoms with E-state index in [1.165, 1.54) is 15.9 Å². The van der Waals surface area contributed by atoms with E-state index < -0.39 is 7.92 Å². The Morgan fingerprint density at radius 2 is 1.45 bits per heavy atom. The van der Waals surface area contributed by atoms with Gasteiger partial charge in [-0.25, -0.2) is 12.1 Å². The average Bonchev–Trinajstić information content (AvgIpc) is 3.53. The predicted molar refractivity (Wildman–Crippen MR) is 120 cm³/mol. The van der Waals surface area contributed by atoms with Gasteiger partial charge in [0.15, 0.2) is 0 Å². The molecule has 4 heteroatoms. The molecule has 1 aliphatic carbocycles. The Morgan fingerprint density at radius 1 is 0.828 bits per heavy atom. The first kappa shape index (κ1) is 21.3. The summed E-state index contributed by atoms with van der Waals surface area (Å²) >= 11 is 0. The van der Waals surface area contributed by atoms with Crippen LogP contribution in [0.25, 0.3) is 5.32 Å². The van der Waals surface area contributed by atoms with Crippen molar-refractivity contribution in [3.05, 3.63) is 131 Å². The first-order valence-corrected chi connectivity index (χ1v) is 10.8. The van der Waals surface area contributed by atoms with Crippen molar-refractivity contribution < 1.29 is 21.8 Å². The average molecular weight is 439 g/mol. The Morgan fingerprint density at radius 3 is 1.93 bits per heavy atom. The number of allylic oxidation sites excluding steroid dienone is 5. The van der Waals surface area contributed by atoms with Gasteiger partial charge in [-0.05, 0) is 23.8 Å². The summed E-state index contributed by atoms with van der Waals surface area (Å²) in [6, 6.07) is 31.4. The van der Waals surface area contributed by atoms with Crippen LogP contribution in [0, 0.1) is 0 Å². The third-order valence-corrected chi connectivity index (χ3v) is 6.93. The molecule has 29 heavy (non-hydrogen) atoms. The van der Waals surface area contributed by atoms with Gasteiger partial charge >= 0.3 is 17.1 Å². The molecule has 5 rings (SSSR count). The number of ether oxygens (including phenoxy) is 1. The van der Waals surface area contributed by atoms with Crippen LogP contribution in [0.1, 0.15) is 0 Å². The van der Waals surface area contributed by atoms with E-state index in [-0.39, 0.29) is 17.1 Å². The van der Waals surface area contributed by atoms with Gasteiger partial charge in [-0.15, -0.1) is 0 Å². The van der Waals surface area contributed by atoms with Crippen molar-refractivity contribution in [1.82, 2.24) is 0 Å². The molecule has 1 fully saturated rings. The van der Waals surface area contributed by atoms with E-state index in [2.05, 4.69) is 84.2 Å². The second-order valence-electron chi connectivity index (χ2n) is 6.33. The first-order valence-electron chi connectivity index (χ1n) is 9.44. The summed E-state index contributed by atoms with van der Waals surface area (Å²) in [5.41, 5.74) is 1.14. The van der Waals surface area contributed by atoms with Gasteiger partial charge in [-0.1, -0.05) is 85.4 Å². The molecule has 3 aromatic rings. The molecule has 0 spiro atoms. The minimum absolute atomic E-state index is 0. The van der Waals surface area contributed by atoms with E-state index in [1.807, 2.05) is 30.3 Å². The van der Waals surface area contributed by atoms with Gasteiger partial charge in [0, 0.05) is 11.5 Å². The summed E-state index contributed by atoms with van der Waals surface area (Å²) in [7, 11) is -0.607. The van der Waals surface area contributed by atoms with E-state index in [9.17, 15) is 0 Å². The van der Waals surface area contributed by atoms with Gasteiger partial charge in [-0.3, -0.25) is 0 Å². The van der Waals surface area contributed by atoms with E-state index in [0.717, 1.165) is 18.0 Å². The summed E-state index contributed by atoms with van der Waals surface area (Å²) in [5, 5.41) is 8.52. The Labute approximate surface area is 184 Å². The molecule has 1 aliphatic heterocycles. The van der Waals surface area contributed by atoms with Gasteiger partial charge in [0.2, 0.25) is 0 Å². The molecule has 0 amide bonds. The first-order chi connectivity index (χ1) is 13.9. The summed E-state index contributed by atoms with van der Waals surface area (Å²) in [4.78, 5) is 0. The summed E-state index contributed by atoms with van der Waals surface area (Å²) in [5.74, 6) is 0.796. The topological polar surface area (TPSA) is 23.3 Å². The fourth-order valence-electron chi connectivity index (χ4n) is 3.19. The maximum absolute atomic E-state index is 5.72. The van der Waals surface area contributed by atoms with Crippen LogP contribution in [-0.4, -0.2) is 13.2 Å². The Balaban J connectivity index is 0.000000352. The monoisotopic (exact) mass is 439 g/mol. The molecule has 0 N–H and O–H groups in total. The van der Waals surface area contributed by atoms with Crippen LogP contribution in [0.5, 0.6) is 0 Å². The van der Waals surface area contributed by atoms with Crippen LogP contribution in [0.15, 0.2) is 126 Å². The van der Waals surface area contributed by atoms with Gasteiger partial charge in [0.05, 0.1) is 6.61 Å². The third-order valence-electron chi connectivity index (χ3n) is 4.43. The normalized spacial score (nSPS) is 16.9. The molecule has 1 saturated heterocycles. The van der Waals surface area contributed by atoms with Crippen molar-refractivity contribution in [2.24, 2.45) is 0 Å². The number of nitrogens with zero attached hydrogens (tertiary/aromatic N) is 1. The molecule has 0 unspecified atom stereocenters. The summed E-state index contributed by atoms with van der Waals surface area (Å²) in [6.45, 7) is 1.45. The van der Waals surface area contributed by atoms with Gasteiger partial charge in [0.25, 0.3) is 0 Å². The molecular formula is C25H22FeNOP. The minimum atomic E-state index is -0.607. The second kappa shape index (κ2) is 10.9. The second-order valence-corrected chi connectivity index (χ2v) is 8.51. The minimum Gasteiger partial charge on any atom is -0.651 e. The van der Waals surface area contributed by atoms with Crippen LogP contribution >= 0.6 is 7.92 Å². The number of hydrogen-bond donors (Lipinski definition) is 0. The van der Waals surface area contributed by atoms with Crippen LogP contribution in [0.3, 0.4) is 0 Å². The standard InChI is InChI=1S/C20H17NOP.C5H5.Fe/c1-3-8-16(9-4-1)23(17-10-5-2-6-11-17)19-13-7-12-18(19)20-21-14-15-22-20;1-2-4-5-3-1;/h1-13H,14-15H2;1-5H;/q2*-1;+2. The van der Waals surface area contributed by atoms with Gasteiger partial charge < -0.3 is 10.1 Å². The van der Waals surface area contributed by atoms with E-state index in [4.69, 9.17) is 4.74 Å². The van der Waals surface area contributed by atoms with Crippen molar-refractivity contribution in [1.29, 1.82) is 0 Å². The maximum Gasteiger partial charge on any atom is 2.00 e. The third kappa shape index (κ3) is 5.34. The molecule has 0 atom stereocenters. The van der Waals surface area contributed by atoms with E-state index >= 15 is 0 Å². The summed E-state index contributed by atoms with van der Waals surface area (Å²) in [6.07, 6.45) is 6.45. The zero-order valence-electron chi connectivity index (χ0n) is 16.0. The van der Waals surface area contributed by atoms with Crippen LogP contribution < -0.4 is 10.6 Å². The quantitative estimate of drug-likeness (QED) is 0.297. The molecule has 3 aromatic carbocycles. The molecule has 2 aliphatic rings. The fourth-order valence-corrected chi connectivity index (χ4v) is 5.63. The largest absolute Gasteiger partial charge is 2.00 e. The molecule has 1 heterocycles. The van der Waals surface area contributed by atoms with E-state index in [0.29, 0.717) is 6.61 Å². The number of benzene rings is 2. The Kier molecular flexibility index (Phi) is 8.02. The van der Waals surface area contributed by atoms with Crippen molar-refractivity contribution in [3.8, 4) is 0 Å². The van der Waals surface area contributed by atoms with Crippen LogP contribution in [0.2, 0.25) is 0 Å². The number of hydrogen-bond acceptors (Lipinski definition) is 1. The fraction of sp³-hybridized carbons (Fsp3) is 0.0800. The molecule has 0 aromatic heterocycles. The zero-order chi connectivity index (χ0) is 19.0. The van der Waals surface area contributed by atoms with Crippen molar-refractivity contribution in [2.75, 3.05) is 13.2 Å². The molecule has 146 valence electrons. The molecular weight excluding hydrogens is 417 g/mol. The van der Waals surface area contributed by atoms with Gasteiger partial charge in [-0.2, -0.15) is 18.2 Å². The maximum atomic E-state index is 5.72. The SMILES string of the molecule is C1=CC(=C2[N-]CCO2)C(P(c2ccccc2)c2ccccc2)=C1.[Fe+2].c1cc[cH-]c1. The zero-order valence-corrected chi connectivity index (χ0v) is 18.0. The smallest absolute Gasteiger partial charge is 0.651 e. The van der Waals surface area contributed by atoms with Crippen molar-refractivity contribution >= 4 is 18.5 Å². The molecule has 0 bridgehead atoms. The molecule has 0 radical (unpaired) electrons. The molecule has 2 nitrogen and oxygen atoms in total. The van der Waals surface area contributed by atoms with Crippen LogP contribution in [-0.2, 0) is 21.8 Å². The van der Waals surface area contributed by atoms with E-state index in [1.54, 1.807) is 0 Å². The van der Waals surface area contributed by atoms with Crippen LogP contribution in [0.4, 0.5) is 0 Å². The number of rotatable bonds is 3. The van der Waals surface area contributed by atoms with Crippen molar-refractivity contribution in [2.45, 2.75) is 0 Å². The molecule has 0 saturated carbocycles. The Hall–Kier alpha value is -2.44.